The number of nitrogens with zero attached hydrogens (tertiary/aromatic N) is 3. The number of piperazine rings is 1. The van der Waals surface area contributed by atoms with E-state index in [2.05, 4.69) is 44.3 Å². The quantitative estimate of drug-likeness (QED) is 0.470. The fourth-order valence-electron chi connectivity index (χ4n) is 4.67. The molecule has 7 nitrogen and oxygen atoms in total. The molecule has 3 aromatic rings. The topological polar surface area (TPSA) is 57.3 Å². The summed E-state index contributed by atoms with van der Waals surface area (Å²) in [5.74, 6) is 0.676. The predicted molar refractivity (Wildman–Crippen MR) is 146 cm³/mol. The zero-order valence-electron chi connectivity index (χ0n) is 21.9. The lowest BCUT2D eigenvalue weighted by Gasteiger charge is -2.40. The van der Waals surface area contributed by atoms with Crippen LogP contribution in [0.3, 0.4) is 0 Å². The minimum atomic E-state index is -0.229. The maximum atomic E-state index is 13.4. The van der Waals surface area contributed by atoms with Crippen molar-refractivity contribution in [2.24, 2.45) is 0 Å². The van der Waals surface area contributed by atoms with E-state index in [1.54, 1.807) is 32.4 Å². The monoisotopic (exact) mass is 506 g/mol. The molecule has 1 N–H and O–H groups in total. The van der Waals surface area contributed by atoms with Gasteiger partial charge < -0.3 is 24.6 Å². The number of methoxy groups -OCH3 is 2. The summed E-state index contributed by atoms with van der Waals surface area (Å²) in [5.41, 5.74) is 3.75. The number of nitrogens with one attached hydrogen (secondary N) is 1. The van der Waals surface area contributed by atoms with Gasteiger partial charge in [-0.15, -0.1) is 0 Å². The van der Waals surface area contributed by atoms with Crippen LogP contribution in [0.2, 0.25) is 0 Å². The Hall–Kier alpha value is -3.78. The van der Waals surface area contributed by atoms with Crippen molar-refractivity contribution in [3.05, 3.63) is 83.7 Å². The fourth-order valence-corrected chi connectivity index (χ4v) is 4.67. The van der Waals surface area contributed by atoms with Crippen molar-refractivity contribution in [1.82, 2.24) is 10.2 Å². The summed E-state index contributed by atoms with van der Waals surface area (Å²) >= 11 is 0. The van der Waals surface area contributed by atoms with Crippen LogP contribution in [0.4, 0.5) is 15.8 Å². The van der Waals surface area contributed by atoms with E-state index < -0.39 is 0 Å². The lowest BCUT2D eigenvalue weighted by molar-refractivity contribution is 0.0927. The normalized spacial score (nSPS) is 14.7. The molecule has 0 saturated carbocycles. The molecule has 196 valence electrons. The van der Waals surface area contributed by atoms with Crippen LogP contribution in [0, 0.1) is 5.82 Å². The first-order valence-electron chi connectivity index (χ1n) is 12.4. The smallest absolute Gasteiger partial charge is 0.255 e. The van der Waals surface area contributed by atoms with E-state index >= 15 is 0 Å². The first kappa shape index (κ1) is 26.3. The second-order valence-electron chi connectivity index (χ2n) is 9.28. The third-order valence-electron chi connectivity index (χ3n) is 6.85. The Kier molecular flexibility index (Phi) is 8.50. The van der Waals surface area contributed by atoms with E-state index in [1.807, 2.05) is 26.2 Å². The molecule has 1 heterocycles. The standard InChI is InChI=1S/C29H35FN4O3/c1-32(2)23-9-5-21(6-10-23)27(20-31-29(35)26-14-13-25(36-3)19-28(26)37-4)34-17-15-33(16-18-34)24-11-7-22(30)8-12-24/h5-14,19,27H,15-18,20H2,1-4H3,(H,31,35). The Labute approximate surface area is 218 Å². The van der Waals surface area contributed by atoms with Crippen LogP contribution in [0.25, 0.3) is 0 Å². The zero-order chi connectivity index (χ0) is 26.4. The average molecular weight is 507 g/mol. The average Bonchev–Trinajstić information content (AvgIpc) is 2.93. The highest BCUT2D eigenvalue weighted by atomic mass is 19.1. The number of carbonyl (C=O) groups is 1. The molecule has 1 amide bonds. The molecule has 1 saturated heterocycles. The summed E-state index contributed by atoms with van der Waals surface area (Å²) in [5, 5.41) is 3.13. The van der Waals surface area contributed by atoms with Crippen LogP contribution >= 0.6 is 0 Å². The number of hydrogen-bond acceptors (Lipinski definition) is 6. The van der Waals surface area contributed by atoms with Gasteiger partial charge in [-0.2, -0.15) is 0 Å². The van der Waals surface area contributed by atoms with Gasteiger partial charge in [0.25, 0.3) is 5.91 Å². The van der Waals surface area contributed by atoms with Gasteiger partial charge in [0.2, 0.25) is 0 Å². The highest BCUT2D eigenvalue weighted by molar-refractivity contribution is 5.97. The summed E-state index contributed by atoms with van der Waals surface area (Å²) in [6, 6.07) is 20.3. The summed E-state index contributed by atoms with van der Waals surface area (Å²) in [4.78, 5) is 19.9. The third kappa shape index (κ3) is 6.32. The number of carbonyl (C=O) groups excluding carboxylic acids is 1. The van der Waals surface area contributed by atoms with E-state index in [0.29, 0.717) is 23.6 Å². The van der Waals surface area contributed by atoms with E-state index in [4.69, 9.17) is 9.47 Å². The molecule has 1 fully saturated rings. The highest BCUT2D eigenvalue weighted by Gasteiger charge is 2.26. The van der Waals surface area contributed by atoms with Crippen LogP contribution < -0.4 is 24.6 Å². The van der Waals surface area contributed by atoms with Crippen molar-refractivity contribution in [1.29, 1.82) is 0 Å². The lowest BCUT2D eigenvalue weighted by Crippen LogP contribution is -2.50. The summed E-state index contributed by atoms with van der Waals surface area (Å²) in [6.45, 7) is 3.72. The SMILES string of the molecule is COc1ccc(C(=O)NCC(c2ccc(N(C)C)cc2)N2CCN(c3ccc(F)cc3)CC2)c(OC)c1. The molecule has 1 unspecified atom stereocenters. The lowest BCUT2D eigenvalue weighted by atomic mass is 10.0. The molecule has 1 aliphatic heterocycles. The molecule has 0 aromatic heterocycles. The molecule has 0 spiro atoms. The Morgan fingerprint density at radius 2 is 1.62 bits per heavy atom. The molecular weight excluding hydrogens is 471 g/mol. The van der Waals surface area contributed by atoms with Gasteiger partial charge >= 0.3 is 0 Å². The van der Waals surface area contributed by atoms with E-state index in [0.717, 1.165) is 43.1 Å². The molecule has 0 radical (unpaired) electrons. The minimum absolute atomic E-state index is 0.000210. The Balaban J connectivity index is 1.50. The molecule has 0 aliphatic carbocycles. The van der Waals surface area contributed by atoms with Crippen LogP contribution in [-0.4, -0.2) is 71.8 Å². The van der Waals surface area contributed by atoms with Crippen LogP contribution in [0.15, 0.2) is 66.7 Å². The third-order valence-corrected chi connectivity index (χ3v) is 6.85. The number of benzene rings is 3. The summed E-state index contributed by atoms with van der Waals surface area (Å²) < 4.78 is 24.1. The second-order valence-corrected chi connectivity index (χ2v) is 9.28. The largest absolute Gasteiger partial charge is 0.497 e. The minimum Gasteiger partial charge on any atom is -0.497 e. The number of hydrogen-bond donors (Lipinski definition) is 1. The number of ether oxygens (including phenoxy) is 2. The molecule has 3 aromatic carbocycles. The molecule has 1 aliphatic rings. The predicted octanol–water partition coefficient (Wildman–Crippen LogP) is 4.20. The first-order chi connectivity index (χ1) is 17.9. The van der Waals surface area contributed by atoms with Crippen molar-refractivity contribution < 1.29 is 18.7 Å². The van der Waals surface area contributed by atoms with Gasteiger partial charge in [-0.3, -0.25) is 9.69 Å². The van der Waals surface area contributed by atoms with Crippen LogP contribution in [0.5, 0.6) is 11.5 Å². The Morgan fingerprint density at radius 3 is 2.22 bits per heavy atom. The van der Waals surface area contributed by atoms with Crippen molar-refractivity contribution in [3.8, 4) is 11.5 Å². The first-order valence-corrected chi connectivity index (χ1v) is 12.4. The molecule has 37 heavy (non-hydrogen) atoms. The molecule has 0 bridgehead atoms. The number of amides is 1. The van der Waals surface area contributed by atoms with E-state index in [-0.39, 0.29) is 17.8 Å². The fraction of sp³-hybridized carbons (Fsp3) is 0.345. The Bertz CT molecular complexity index is 1180. The van der Waals surface area contributed by atoms with Gasteiger partial charge in [0.15, 0.2) is 0 Å². The molecule has 8 heteroatoms. The van der Waals surface area contributed by atoms with Gasteiger partial charge in [-0.25, -0.2) is 4.39 Å². The number of rotatable bonds is 9. The van der Waals surface area contributed by atoms with Gasteiger partial charge in [0, 0.05) is 64.3 Å². The summed E-state index contributed by atoms with van der Waals surface area (Å²) in [6.07, 6.45) is 0. The van der Waals surface area contributed by atoms with Crippen molar-refractivity contribution in [3.63, 3.8) is 0 Å². The van der Waals surface area contributed by atoms with Gasteiger partial charge in [0.05, 0.1) is 25.8 Å². The van der Waals surface area contributed by atoms with Crippen LogP contribution in [-0.2, 0) is 0 Å². The zero-order valence-corrected chi connectivity index (χ0v) is 21.9. The van der Waals surface area contributed by atoms with E-state index in [9.17, 15) is 9.18 Å². The number of halogens is 1. The molecule has 1 atom stereocenters. The maximum Gasteiger partial charge on any atom is 0.255 e. The second kappa shape index (κ2) is 12.0. The van der Waals surface area contributed by atoms with Gasteiger partial charge in [-0.05, 0) is 54.1 Å². The molecule has 4 rings (SSSR count). The maximum absolute atomic E-state index is 13.4. The number of anilines is 2. The van der Waals surface area contributed by atoms with E-state index in [1.165, 1.54) is 12.1 Å². The Morgan fingerprint density at radius 1 is 0.946 bits per heavy atom. The van der Waals surface area contributed by atoms with Crippen molar-refractivity contribution >= 4 is 17.3 Å². The molecular formula is C29H35FN4O3. The highest BCUT2D eigenvalue weighted by Crippen LogP contribution is 2.27. The van der Waals surface area contributed by atoms with Crippen molar-refractivity contribution in [2.75, 3.05) is 70.8 Å². The van der Waals surface area contributed by atoms with Crippen LogP contribution in [0.1, 0.15) is 22.0 Å². The van der Waals surface area contributed by atoms with Gasteiger partial charge in [0.1, 0.15) is 17.3 Å². The summed E-state index contributed by atoms with van der Waals surface area (Å²) in [7, 11) is 7.16. The van der Waals surface area contributed by atoms with Crippen molar-refractivity contribution in [2.45, 2.75) is 6.04 Å². The van der Waals surface area contributed by atoms with Gasteiger partial charge in [-0.1, -0.05) is 12.1 Å².